The summed E-state index contributed by atoms with van der Waals surface area (Å²) < 4.78 is 26.3. The minimum absolute atomic E-state index is 0.189. The largest absolute Gasteiger partial charge is 0.374 e. The maximum Gasteiger partial charge on any atom is 0.327 e. The number of halogens is 2. The number of anilines is 1. The van der Waals surface area contributed by atoms with Crippen LogP contribution < -0.4 is 5.32 Å². The Morgan fingerprint density at radius 3 is 2.83 bits per heavy atom. The second kappa shape index (κ2) is 5.05. The van der Waals surface area contributed by atoms with Crippen LogP contribution in [-0.2, 0) is 6.54 Å². The van der Waals surface area contributed by atoms with Gasteiger partial charge in [-0.3, -0.25) is 15.1 Å². The second-order valence-corrected chi connectivity index (χ2v) is 4.33. The first-order chi connectivity index (χ1) is 8.58. The number of hydrogen-bond acceptors (Lipinski definition) is 5. The molecule has 2 aromatic rings. The fourth-order valence-corrected chi connectivity index (χ4v) is 1.93. The molecule has 0 saturated heterocycles. The van der Waals surface area contributed by atoms with Gasteiger partial charge in [0.05, 0.1) is 17.0 Å². The number of hydrogen-bond donors (Lipinski definition) is 1. The average Bonchev–Trinajstić information content (AvgIpc) is 2.77. The monoisotopic (exact) mass is 271 g/mol. The zero-order valence-electron chi connectivity index (χ0n) is 8.89. The van der Waals surface area contributed by atoms with Crippen LogP contribution in [0.15, 0.2) is 23.8 Å². The fourth-order valence-electron chi connectivity index (χ4n) is 1.40. The topological polar surface area (TPSA) is 68.1 Å². The van der Waals surface area contributed by atoms with Gasteiger partial charge in [0.1, 0.15) is 11.5 Å². The lowest BCUT2D eigenvalue weighted by Gasteiger charge is -2.06. The van der Waals surface area contributed by atoms with E-state index in [1.165, 1.54) is 11.3 Å². The number of nitro benzene ring substituents is 1. The summed E-state index contributed by atoms with van der Waals surface area (Å²) in [5.41, 5.74) is 0.643. The molecule has 0 fully saturated rings. The summed E-state index contributed by atoms with van der Waals surface area (Å²) in [4.78, 5) is 14.4. The number of aromatic nitrogens is 1. The highest BCUT2D eigenvalue weighted by atomic mass is 32.1. The molecule has 5 nitrogen and oxygen atoms in total. The molecule has 0 atom stereocenters. The van der Waals surface area contributed by atoms with Crippen LogP contribution in [0.2, 0.25) is 0 Å². The van der Waals surface area contributed by atoms with E-state index >= 15 is 0 Å². The third-order valence-electron chi connectivity index (χ3n) is 2.15. The standard InChI is InChI=1S/C10H7F2N3O2S/c11-6-1-8(12)10(15(16)17)9(2-6)14-4-7-3-13-5-18-7/h1-3,5,14H,4H2. The van der Waals surface area contributed by atoms with Gasteiger partial charge in [0.25, 0.3) is 0 Å². The molecule has 1 aromatic carbocycles. The first kappa shape index (κ1) is 12.4. The predicted octanol–water partition coefficient (Wildman–Crippen LogP) is 2.94. The third kappa shape index (κ3) is 2.59. The van der Waals surface area contributed by atoms with Crippen molar-refractivity contribution in [3.05, 3.63) is 50.5 Å². The summed E-state index contributed by atoms with van der Waals surface area (Å²) in [5.74, 6) is -2.07. The lowest BCUT2D eigenvalue weighted by Crippen LogP contribution is -2.04. The molecule has 0 saturated carbocycles. The lowest BCUT2D eigenvalue weighted by atomic mass is 10.2. The van der Waals surface area contributed by atoms with Gasteiger partial charge < -0.3 is 5.32 Å². The van der Waals surface area contributed by atoms with Crippen molar-refractivity contribution in [3.63, 3.8) is 0 Å². The number of nitrogens with zero attached hydrogens (tertiary/aromatic N) is 2. The van der Waals surface area contributed by atoms with Crippen LogP contribution in [0.5, 0.6) is 0 Å². The molecule has 0 bridgehead atoms. The van der Waals surface area contributed by atoms with Crippen LogP contribution in [-0.4, -0.2) is 9.91 Å². The van der Waals surface area contributed by atoms with Gasteiger partial charge in [-0.05, 0) is 0 Å². The minimum Gasteiger partial charge on any atom is -0.374 e. The van der Waals surface area contributed by atoms with E-state index in [1.807, 2.05) is 0 Å². The molecule has 18 heavy (non-hydrogen) atoms. The molecular formula is C10H7F2N3O2S. The molecule has 8 heteroatoms. The molecule has 0 aliphatic rings. The van der Waals surface area contributed by atoms with E-state index in [1.54, 1.807) is 11.7 Å². The average molecular weight is 271 g/mol. The van der Waals surface area contributed by atoms with Crippen LogP contribution in [0, 0.1) is 21.7 Å². The Balaban J connectivity index is 2.28. The SMILES string of the molecule is O=[N+]([O-])c1c(F)cc(F)cc1NCc1cncs1. The van der Waals surface area contributed by atoms with Crippen molar-refractivity contribution in [2.24, 2.45) is 0 Å². The first-order valence-electron chi connectivity index (χ1n) is 4.82. The van der Waals surface area contributed by atoms with Gasteiger partial charge in [-0.25, -0.2) is 4.39 Å². The van der Waals surface area contributed by atoms with E-state index in [0.717, 1.165) is 10.9 Å². The minimum atomic E-state index is -1.20. The van der Waals surface area contributed by atoms with Crippen LogP contribution in [0.3, 0.4) is 0 Å². The van der Waals surface area contributed by atoms with Crippen LogP contribution in [0.25, 0.3) is 0 Å². The Morgan fingerprint density at radius 2 is 2.22 bits per heavy atom. The Bertz CT molecular complexity index is 575. The third-order valence-corrected chi connectivity index (χ3v) is 2.93. The van der Waals surface area contributed by atoms with E-state index in [2.05, 4.69) is 10.3 Å². The van der Waals surface area contributed by atoms with Crippen molar-refractivity contribution < 1.29 is 13.7 Å². The van der Waals surface area contributed by atoms with Crippen molar-refractivity contribution in [1.29, 1.82) is 0 Å². The molecule has 0 aliphatic carbocycles. The Kier molecular flexibility index (Phi) is 3.47. The number of rotatable bonds is 4. The van der Waals surface area contributed by atoms with E-state index < -0.39 is 22.2 Å². The van der Waals surface area contributed by atoms with Gasteiger partial charge in [-0.1, -0.05) is 0 Å². The molecule has 2 rings (SSSR count). The number of benzene rings is 1. The summed E-state index contributed by atoms with van der Waals surface area (Å²) in [7, 11) is 0. The maximum atomic E-state index is 13.3. The molecule has 94 valence electrons. The molecular weight excluding hydrogens is 264 g/mol. The first-order valence-corrected chi connectivity index (χ1v) is 5.70. The van der Waals surface area contributed by atoms with Crippen molar-refractivity contribution in [1.82, 2.24) is 4.98 Å². The Labute approximate surface area is 104 Å². The number of thiazole rings is 1. The molecule has 1 N–H and O–H groups in total. The van der Waals surface area contributed by atoms with Crippen LogP contribution >= 0.6 is 11.3 Å². The van der Waals surface area contributed by atoms with Crippen molar-refractivity contribution in [2.75, 3.05) is 5.32 Å². The van der Waals surface area contributed by atoms with Crippen molar-refractivity contribution in [2.45, 2.75) is 6.54 Å². The summed E-state index contributed by atoms with van der Waals surface area (Å²) in [6.07, 6.45) is 1.57. The molecule has 1 aromatic heterocycles. The highest BCUT2D eigenvalue weighted by Gasteiger charge is 2.21. The van der Waals surface area contributed by atoms with E-state index in [-0.39, 0.29) is 12.2 Å². The van der Waals surface area contributed by atoms with Crippen molar-refractivity contribution in [3.8, 4) is 0 Å². The summed E-state index contributed by atoms with van der Waals surface area (Å²) >= 11 is 1.33. The van der Waals surface area contributed by atoms with Crippen molar-refractivity contribution >= 4 is 22.7 Å². The highest BCUT2D eigenvalue weighted by Crippen LogP contribution is 2.29. The fraction of sp³-hybridized carbons (Fsp3) is 0.100. The van der Waals surface area contributed by atoms with E-state index in [9.17, 15) is 18.9 Å². The summed E-state index contributed by atoms with van der Waals surface area (Å²) in [6.45, 7) is 0.217. The Hall–Kier alpha value is -2.09. The lowest BCUT2D eigenvalue weighted by molar-refractivity contribution is -0.386. The van der Waals surface area contributed by atoms with Crippen LogP contribution in [0.1, 0.15) is 4.88 Å². The highest BCUT2D eigenvalue weighted by molar-refractivity contribution is 7.09. The Morgan fingerprint density at radius 1 is 1.44 bits per heavy atom. The molecule has 0 radical (unpaired) electrons. The molecule has 0 aliphatic heterocycles. The smallest absolute Gasteiger partial charge is 0.327 e. The van der Waals surface area contributed by atoms with E-state index in [4.69, 9.17) is 0 Å². The van der Waals surface area contributed by atoms with Gasteiger partial charge in [0.15, 0.2) is 0 Å². The summed E-state index contributed by atoms with van der Waals surface area (Å²) in [6, 6.07) is 1.37. The maximum absolute atomic E-state index is 13.3. The molecule has 1 heterocycles. The molecule has 0 unspecified atom stereocenters. The zero-order chi connectivity index (χ0) is 13.1. The quantitative estimate of drug-likeness (QED) is 0.685. The number of nitro groups is 1. The number of nitrogens with one attached hydrogen (secondary N) is 1. The molecule has 0 spiro atoms. The van der Waals surface area contributed by atoms with Gasteiger partial charge in [-0.15, -0.1) is 11.3 Å². The van der Waals surface area contributed by atoms with Crippen LogP contribution in [0.4, 0.5) is 20.2 Å². The van der Waals surface area contributed by atoms with Gasteiger partial charge >= 0.3 is 5.69 Å². The predicted molar refractivity (Wildman–Crippen MR) is 62.5 cm³/mol. The van der Waals surface area contributed by atoms with Gasteiger partial charge in [0.2, 0.25) is 5.82 Å². The second-order valence-electron chi connectivity index (χ2n) is 3.36. The van der Waals surface area contributed by atoms with Gasteiger partial charge in [-0.2, -0.15) is 4.39 Å². The van der Waals surface area contributed by atoms with Gasteiger partial charge in [0, 0.05) is 23.2 Å². The molecule has 0 amide bonds. The van der Waals surface area contributed by atoms with E-state index in [0.29, 0.717) is 6.07 Å². The zero-order valence-corrected chi connectivity index (χ0v) is 9.71. The normalized spacial score (nSPS) is 10.3. The summed E-state index contributed by atoms with van der Waals surface area (Å²) in [5, 5.41) is 13.3.